The Labute approximate surface area is 128 Å². The Morgan fingerprint density at radius 1 is 1.19 bits per heavy atom. The van der Waals surface area contributed by atoms with Crippen LogP contribution >= 0.6 is 11.8 Å². The maximum Gasteiger partial charge on any atom is 0.238 e. The van der Waals surface area contributed by atoms with Gasteiger partial charge in [0.2, 0.25) is 5.88 Å². The summed E-state index contributed by atoms with van der Waals surface area (Å²) in [5.74, 6) is 1.69. The Morgan fingerprint density at radius 2 is 2.00 bits per heavy atom. The SMILES string of the molecule is COc1ncc(SCCc2ccc(C)cc2)c2cc[nH]c12. The highest BCUT2D eigenvalue weighted by Crippen LogP contribution is 2.31. The highest BCUT2D eigenvalue weighted by molar-refractivity contribution is 7.99. The average molecular weight is 298 g/mol. The third kappa shape index (κ3) is 3.05. The van der Waals surface area contributed by atoms with Gasteiger partial charge in [0.15, 0.2) is 0 Å². The molecule has 0 unspecified atom stereocenters. The molecule has 4 heteroatoms. The molecule has 3 nitrogen and oxygen atoms in total. The molecule has 108 valence electrons. The number of thioether (sulfide) groups is 1. The Bertz CT molecular complexity index is 734. The van der Waals surface area contributed by atoms with E-state index in [1.165, 1.54) is 21.4 Å². The van der Waals surface area contributed by atoms with Crippen LogP contribution in [0.15, 0.2) is 47.6 Å². The maximum atomic E-state index is 5.27. The number of nitrogens with zero attached hydrogens (tertiary/aromatic N) is 1. The number of pyridine rings is 1. The smallest absolute Gasteiger partial charge is 0.238 e. The van der Waals surface area contributed by atoms with E-state index in [1.54, 1.807) is 7.11 Å². The molecular weight excluding hydrogens is 280 g/mol. The second kappa shape index (κ2) is 6.22. The summed E-state index contributed by atoms with van der Waals surface area (Å²) in [6.07, 6.45) is 4.89. The monoisotopic (exact) mass is 298 g/mol. The Hall–Kier alpha value is -1.94. The third-order valence-electron chi connectivity index (χ3n) is 3.49. The van der Waals surface area contributed by atoms with Crippen LogP contribution in [0.5, 0.6) is 5.88 Å². The molecule has 3 rings (SSSR count). The number of aromatic nitrogens is 2. The number of rotatable bonds is 5. The van der Waals surface area contributed by atoms with E-state index in [4.69, 9.17) is 4.74 Å². The highest BCUT2D eigenvalue weighted by atomic mass is 32.2. The van der Waals surface area contributed by atoms with E-state index in [9.17, 15) is 0 Å². The zero-order chi connectivity index (χ0) is 14.7. The standard InChI is InChI=1S/C17H18N2OS/c1-12-3-5-13(6-4-12)8-10-21-15-11-19-17(20-2)16-14(15)7-9-18-16/h3-7,9,11,18H,8,10H2,1-2H3. The molecule has 1 N–H and O–H groups in total. The summed E-state index contributed by atoms with van der Waals surface area (Å²) < 4.78 is 5.27. The highest BCUT2D eigenvalue weighted by Gasteiger charge is 2.09. The van der Waals surface area contributed by atoms with E-state index in [0.29, 0.717) is 5.88 Å². The van der Waals surface area contributed by atoms with Gasteiger partial charge in [0.25, 0.3) is 0 Å². The molecule has 0 fully saturated rings. The Kier molecular flexibility index (Phi) is 4.15. The molecule has 0 saturated carbocycles. The Morgan fingerprint density at radius 3 is 2.76 bits per heavy atom. The van der Waals surface area contributed by atoms with Crippen molar-refractivity contribution >= 4 is 22.7 Å². The summed E-state index contributed by atoms with van der Waals surface area (Å²) in [5.41, 5.74) is 3.65. The molecule has 0 spiro atoms. The number of H-pyrrole nitrogens is 1. The van der Waals surface area contributed by atoms with Crippen LogP contribution in [0.1, 0.15) is 11.1 Å². The van der Waals surface area contributed by atoms with Crippen LogP contribution in [-0.2, 0) is 6.42 Å². The molecule has 0 atom stereocenters. The molecule has 0 radical (unpaired) electrons. The number of aryl methyl sites for hydroxylation is 2. The van der Waals surface area contributed by atoms with E-state index < -0.39 is 0 Å². The molecule has 0 aliphatic carbocycles. The maximum absolute atomic E-state index is 5.27. The van der Waals surface area contributed by atoms with Crippen molar-refractivity contribution in [3.05, 3.63) is 53.9 Å². The van der Waals surface area contributed by atoms with E-state index in [1.807, 2.05) is 24.2 Å². The van der Waals surface area contributed by atoms with Gasteiger partial charge < -0.3 is 9.72 Å². The number of hydrogen-bond donors (Lipinski definition) is 1. The number of aromatic amines is 1. The number of hydrogen-bond acceptors (Lipinski definition) is 3. The summed E-state index contributed by atoms with van der Waals surface area (Å²) in [6, 6.07) is 10.8. The molecule has 0 aliphatic rings. The molecular formula is C17H18N2OS. The van der Waals surface area contributed by atoms with Crippen molar-refractivity contribution in [2.45, 2.75) is 18.2 Å². The second-order valence-corrected chi connectivity index (χ2v) is 6.12. The van der Waals surface area contributed by atoms with E-state index in [-0.39, 0.29) is 0 Å². The van der Waals surface area contributed by atoms with Gasteiger partial charge in [0.05, 0.1) is 7.11 Å². The van der Waals surface area contributed by atoms with Crippen LogP contribution in [0.2, 0.25) is 0 Å². The Balaban J connectivity index is 1.71. The lowest BCUT2D eigenvalue weighted by Crippen LogP contribution is -1.92. The van der Waals surface area contributed by atoms with Gasteiger partial charge in [-0.05, 0) is 25.0 Å². The van der Waals surface area contributed by atoms with Gasteiger partial charge >= 0.3 is 0 Å². The van der Waals surface area contributed by atoms with Crippen LogP contribution in [0, 0.1) is 6.92 Å². The molecule has 2 aromatic heterocycles. The lowest BCUT2D eigenvalue weighted by molar-refractivity contribution is 0.402. The van der Waals surface area contributed by atoms with Crippen molar-refractivity contribution in [1.29, 1.82) is 0 Å². The van der Waals surface area contributed by atoms with Crippen LogP contribution in [0.25, 0.3) is 10.9 Å². The zero-order valence-corrected chi connectivity index (χ0v) is 13.0. The topological polar surface area (TPSA) is 37.9 Å². The normalized spacial score (nSPS) is 11.0. The van der Waals surface area contributed by atoms with Crippen LogP contribution in [-0.4, -0.2) is 22.8 Å². The summed E-state index contributed by atoms with van der Waals surface area (Å²) in [5, 5.41) is 1.18. The number of benzene rings is 1. The van der Waals surface area contributed by atoms with Crippen molar-refractivity contribution in [2.75, 3.05) is 12.9 Å². The first-order valence-corrected chi connectivity index (χ1v) is 7.95. The number of nitrogens with one attached hydrogen (secondary N) is 1. The number of fused-ring (bicyclic) bond motifs is 1. The quantitative estimate of drug-likeness (QED) is 0.717. The first-order valence-electron chi connectivity index (χ1n) is 6.96. The fourth-order valence-electron chi connectivity index (χ4n) is 2.31. The lowest BCUT2D eigenvalue weighted by Gasteiger charge is -2.06. The third-order valence-corrected chi connectivity index (χ3v) is 4.53. The van der Waals surface area contributed by atoms with Crippen molar-refractivity contribution in [1.82, 2.24) is 9.97 Å². The van der Waals surface area contributed by atoms with Crippen molar-refractivity contribution in [3.8, 4) is 5.88 Å². The molecule has 0 bridgehead atoms. The number of ether oxygens (including phenoxy) is 1. The minimum Gasteiger partial charge on any atom is -0.479 e. The predicted octanol–water partition coefficient (Wildman–Crippen LogP) is 4.21. The van der Waals surface area contributed by atoms with Gasteiger partial charge in [0.1, 0.15) is 5.52 Å². The van der Waals surface area contributed by atoms with Crippen LogP contribution in [0.4, 0.5) is 0 Å². The summed E-state index contributed by atoms with van der Waals surface area (Å²) in [6.45, 7) is 2.12. The minimum atomic E-state index is 0.651. The molecule has 0 aliphatic heterocycles. The van der Waals surface area contributed by atoms with Crippen molar-refractivity contribution < 1.29 is 4.74 Å². The van der Waals surface area contributed by atoms with E-state index in [0.717, 1.165) is 17.7 Å². The summed E-state index contributed by atoms with van der Waals surface area (Å²) in [4.78, 5) is 8.75. The summed E-state index contributed by atoms with van der Waals surface area (Å²) >= 11 is 1.83. The van der Waals surface area contributed by atoms with Gasteiger partial charge in [0, 0.05) is 28.4 Å². The number of methoxy groups -OCH3 is 1. The average Bonchev–Trinajstić information content (AvgIpc) is 2.99. The fraction of sp³-hybridized carbons (Fsp3) is 0.235. The second-order valence-electron chi connectivity index (χ2n) is 4.98. The van der Waals surface area contributed by atoms with Crippen molar-refractivity contribution in [2.24, 2.45) is 0 Å². The molecule has 1 aromatic carbocycles. The lowest BCUT2D eigenvalue weighted by atomic mass is 10.1. The van der Waals surface area contributed by atoms with Gasteiger partial charge in [-0.15, -0.1) is 11.8 Å². The van der Waals surface area contributed by atoms with E-state index >= 15 is 0 Å². The van der Waals surface area contributed by atoms with Gasteiger partial charge in [-0.25, -0.2) is 4.98 Å². The molecule has 2 heterocycles. The zero-order valence-electron chi connectivity index (χ0n) is 12.2. The first kappa shape index (κ1) is 14.0. The first-order chi connectivity index (χ1) is 10.3. The predicted molar refractivity (Wildman–Crippen MR) is 88.3 cm³/mol. The molecule has 0 amide bonds. The minimum absolute atomic E-state index is 0.651. The summed E-state index contributed by atoms with van der Waals surface area (Å²) in [7, 11) is 1.65. The molecule has 3 aromatic rings. The molecule has 21 heavy (non-hydrogen) atoms. The van der Waals surface area contributed by atoms with Gasteiger partial charge in [-0.2, -0.15) is 0 Å². The van der Waals surface area contributed by atoms with Gasteiger partial charge in [-0.1, -0.05) is 29.8 Å². The largest absolute Gasteiger partial charge is 0.479 e. The van der Waals surface area contributed by atoms with Crippen molar-refractivity contribution in [3.63, 3.8) is 0 Å². The van der Waals surface area contributed by atoms with E-state index in [2.05, 4.69) is 47.2 Å². The van der Waals surface area contributed by atoms with Crippen LogP contribution < -0.4 is 4.74 Å². The van der Waals surface area contributed by atoms with Gasteiger partial charge in [-0.3, -0.25) is 0 Å². The van der Waals surface area contributed by atoms with Crippen LogP contribution in [0.3, 0.4) is 0 Å². The molecule has 0 saturated heterocycles. The fourth-order valence-corrected chi connectivity index (χ4v) is 3.32.